The van der Waals surface area contributed by atoms with Crippen LogP contribution >= 0.6 is 0 Å². The van der Waals surface area contributed by atoms with Crippen molar-refractivity contribution in [3.63, 3.8) is 0 Å². The number of hydrogen-bond donors (Lipinski definition) is 1. The first-order chi connectivity index (χ1) is 12.4. The summed E-state index contributed by atoms with van der Waals surface area (Å²) < 4.78 is 27.1. The van der Waals surface area contributed by atoms with E-state index in [1.807, 2.05) is 0 Å². The summed E-state index contributed by atoms with van der Waals surface area (Å²) in [5, 5.41) is 2.84. The van der Waals surface area contributed by atoms with Gasteiger partial charge in [-0.2, -0.15) is 4.31 Å². The van der Waals surface area contributed by atoms with Crippen LogP contribution < -0.4 is 5.32 Å². The van der Waals surface area contributed by atoms with Gasteiger partial charge in [0, 0.05) is 45.0 Å². The number of sulfonamides is 1. The van der Waals surface area contributed by atoms with Gasteiger partial charge in [-0.05, 0) is 38.1 Å². The summed E-state index contributed by atoms with van der Waals surface area (Å²) in [6.45, 7) is 5.12. The highest BCUT2D eigenvalue weighted by Crippen LogP contribution is 2.22. The van der Waals surface area contributed by atoms with Crippen molar-refractivity contribution < 1.29 is 13.2 Å². The highest BCUT2D eigenvalue weighted by molar-refractivity contribution is 7.89. The van der Waals surface area contributed by atoms with Crippen LogP contribution in [0.4, 0.5) is 5.69 Å². The number of benzene rings is 1. The van der Waals surface area contributed by atoms with E-state index in [0.717, 1.165) is 45.4 Å². The molecular weight excluding hydrogens is 352 g/mol. The minimum atomic E-state index is -3.49. The molecule has 0 spiro atoms. The van der Waals surface area contributed by atoms with E-state index < -0.39 is 10.0 Å². The van der Waals surface area contributed by atoms with Crippen molar-refractivity contribution in [2.75, 3.05) is 58.2 Å². The molecule has 8 heteroatoms. The summed E-state index contributed by atoms with van der Waals surface area (Å²) in [6.07, 6.45) is 2.88. The topological polar surface area (TPSA) is 73.0 Å². The van der Waals surface area contributed by atoms with Crippen molar-refractivity contribution in [3.05, 3.63) is 24.3 Å². The van der Waals surface area contributed by atoms with Gasteiger partial charge in [0.1, 0.15) is 0 Å². The number of nitrogens with one attached hydrogen (secondary N) is 1. The summed E-state index contributed by atoms with van der Waals surface area (Å²) in [5.41, 5.74) is 0.530. The van der Waals surface area contributed by atoms with Crippen LogP contribution in [0, 0.1) is 0 Å². The van der Waals surface area contributed by atoms with Gasteiger partial charge < -0.3 is 10.2 Å². The van der Waals surface area contributed by atoms with Crippen LogP contribution in [-0.4, -0.2) is 81.3 Å². The van der Waals surface area contributed by atoms with E-state index in [1.54, 1.807) is 28.6 Å². The summed E-state index contributed by atoms with van der Waals surface area (Å²) in [6, 6.07) is 6.57. The molecule has 0 bridgehead atoms. The first kappa shape index (κ1) is 19.3. The standard InChI is InChI=1S/C18H28N4O3S/c1-20-10-12-21(13-11-20)15-18(23)19-16-6-5-7-17(14-16)26(24,25)22-8-3-2-4-9-22/h5-7,14H,2-4,8-13,15H2,1H3,(H,19,23). The second-order valence-electron chi connectivity index (χ2n) is 7.12. The molecule has 0 unspecified atom stereocenters. The van der Waals surface area contributed by atoms with Crippen LogP contribution in [-0.2, 0) is 14.8 Å². The van der Waals surface area contributed by atoms with Crippen molar-refractivity contribution in [2.45, 2.75) is 24.2 Å². The Hall–Kier alpha value is -1.48. The van der Waals surface area contributed by atoms with Crippen molar-refractivity contribution in [1.29, 1.82) is 0 Å². The van der Waals surface area contributed by atoms with Crippen molar-refractivity contribution in [3.8, 4) is 0 Å². The Balaban J connectivity index is 1.62. The van der Waals surface area contributed by atoms with Crippen LogP contribution in [0.25, 0.3) is 0 Å². The average molecular weight is 381 g/mol. The Morgan fingerprint density at radius 2 is 1.73 bits per heavy atom. The van der Waals surface area contributed by atoms with E-state index >= 15 is 0 Å². The summed E-state index contributed by atoms with van der Waals surface area (Å²) in [4.78, 5) is 16.9. The van der Waals surface area contributed by atoms with E-state index in [2.05, 4.69) is 22.2 Å². The summed E-state index contributed by atoms with van der Waals surface area (Å²) in [5.74, 6) is -0.109. The number of hydrogen-bond acceptors (Lipinski definition) is 5. The Kier molecular flexibility index (Phi) is 6.29. The number of amides is 1. The molecule has 26 heavy (non-hydrogen) atoms. The van der Waals surface area contributed by atoms with Crippen LogP contribution in [0.3, 0.4) is 0 Å². The zero-order valence-corrected chi connectivity index (χ0v) is 16.2. The minimum absolute atomic E-state index is 0.109. The molecule has 1 aromatic carbocycles. The van der Waals surface area contributed by atoms with E-state index in [-0.39, 0.29) is 10.8 Å². The molecule has 144 valence electrons. The fraction of sp³-hybridized carbons (Fsp3) is 0.611. The van der Waals surface area contributed by atoms with Gasteiger partial charge in [-0.15, -0.1) is 0 Å². The monoisotopic (exact) mass is 380 g/mol. The van der Waals surface area contributed by atoms with Gasteiger partial charge in [0.2, 0.25) is 15.9 Å². The third-order valence-electron chi connectivity index (χ3n) is 5.03. The van der Waals surface area contributed by atoms with Gasteiger partial charge >= 0.3 is 0 Å². The smallest absolute Gasteiger partial charge is 0.243 e. The van der Waals surface area contributed by atoms with Gasteiger partial charge in [-0.3, -0.25) is 9.69 Å². The Labute approximate surface area is 156 Å². The molecule has 2 aliphatic rings. The minimum Gasteiger partial charge on any atom is -0.325 e. The van der Waals surface area contributed by atoms with Gasteiger partial charge in [-0.1, -0.05) is 12.5 Å². The fourth-order valence-corrected chi connectivity index (χ4v) is 4.96. The molecule has 0 saturated carbocycles. The first-order valence-corrected chi connectivity index (χ1v) is 10.7. The lowest BCUT2D eigenvalue weighted by molar-refractivity contribution is -0.117. The second kappa shape index (κ2) is 8.47. The lowest BCUT2D eigenvalue weighted by atomic mass is 10.2. The SMILES string of the molecule is CN1CCN(CC(=O)Nc2cccc(S(=O)(=O)N3CCCCC3)c2)CC1. The molecule has 1 N–H and O–H groups in total. The molecule has 2 saturated heterocycles. The number of carbonyl (C=O) groups excluding carboxylic acids is 1. The van der Waals surface area contributed by atoms with Crippen LogP contribution in [0.15, 0.2) is 29.2 Å². The highest BCUT2D eigenvalue weighted by Gasteiger charge is 2.26. The van der Waals surface area contributed by atoms with Gasteiger partial charge in [0.25, 0.3) is 0 Å². The quantitative estimate of drug-likeness (QED) is 0.827. The number of rotatable bonds is 5. The molecule has 2 fully saturated rings. The Morgan fingerprint density at radius 1 is 1.04 bits per heavy atom. The van der Waals surface area contributed by atoms with E-state index in [4.69, 9.17) is 0 Å². The highest BCUT2D eigenvalue weighted by atomic mass is 32.2. The Morgan fingerprint density at radius 3 is 2.42 bits per heavy atom. The van der Waals surface area contributed by atoms with Crippen molar-refractivity contribution >= 4 is 21.6 Å². The zero-order chi connectivity index (χ0) is 18.6. The fourth-order valence-electron chi connectivity index (χ4n) is 3.40. The summed E-state index contributed by atoms with van der Waals surface area (Å²) >= 11 is 0. The number of likely N-dealkylation sites (N-methyl/N-ethyl adjacent to an activating group) is 1. The number of anilines is 1. The van der Waals surface area contributed by atoms with Crippen LogP contribution in [0.5, 0.6) is 0 Å². The number of piperazine rings is 1. The number of carbonyl (C=O) groups is 1. The normalized spacial score (nSPS) is 20.8. The third-order valence-corrected chi connectivity index (χ3v) is 6.93. The molecule has 7 nitrogen and oxygen atoms in total. The Bertz CT molecular complexity index is 724. The third kappa shape index (κ3) is 4.82. The maximum absolute atomic E-state index is 12.8. The van der Waals surface area contributed by atoms with Crippen LogP contribution in [0.2, 0.25) is 0 Å². The molecule has 3 rings (SSSR count). The lowest BCUT2D eigenvalue weighted by Crippen LogP contribution is -2.47. The van der Waals surface area contributed by atoms with E-state index in [9.17, 15) is 13.2 Å². The molecule has 0 radical (unpaired) electrons. The van der Waals surface area contributed by atoms with E-state index in [0.29, 0.717) is 25.3 Å². The van der Waals surface area contributed by atoms with Gasteiger partial charge in [-0.25, -0.2) is 8.42 Å². The van der Waals surface area contributed by atoms with Gasteiger partial charge in [0.05, 0.1) is 11.4 Å². The maximum Gasteiger partial charge on any atom is 0.243 e. The molecule has 2 aliphatic heterocycles. The van der Waals surface area contributed by atoms with Crippen LogP contribution in [0.1, 0.15) is 19.3 Å². The van der Waals surface area contributed by atoms with Gasteiger partial charge in [0.15, 0.2) is 0 Å². The number of piperidine rings is 1. The van der Waals surface area contributed by atoms with E-state index in [1.165, 1.54) is 0 Å². The second-order valence-corrected chi connectivity index (χ2v) is 9.06. The summed E-state index contributed by atoms with van der Waals surface area (Å²) in [7, 11) is -1.41. The lowest BCUT2D eigenvalue weighted by Gasteiger charge is -2.31. The predicted octanol–water partition coefficient (Wildman–Crippen LogP) is 1.05. The molecule has 1 aromatic rings. The maximum atomic E-state index is 12.8. The zero-order valence-electron chi connectivity index (χ0n) is 15.4. The molecule has 0 aliphatic carbocycles. The largest absolute Gasteiger partial charge is 0.325 e. The number of nitrogens with zero attached hydrogens (tertiary/aromatic N) is 3. The average Bonchev–Trinajstić information content (AvgIpc) is 2.64. The molecular formula is C18H28N4O3S. The molecule has 2 heterocycles. The predicted molar refractivity (Wildman–Crippen MR) is 102 cm³/mol. The molecule has 1 amide bonds. The molecule has 0 atom stereocenters. The first-order valence-electron chi connectivity index (χ1n) is 9.26. The van der Waals surface area contributed by atoms with Crippen molar-refractivity contribution in [1.82, 2.24) is 14.1 Å². The molecule has 0 aromatic heterocycles. The van der Waals surface area contributed by atoms with Crippen molar-refractivity contribution in [2.24, 2.45) is 0 Å².